The molecule has 184 valence electrons. The average Bonchev–Trinajstić information content (AvgIpc) is 2.97. The molecule has 2 aromatic carbocycles. The molecule has 4 rings (SSSR count). The van der Waals surface area contributed by atoms with Gasteiger partial charge in [0.05, 0.1) is 11.5 Å². The normalized spacial score (nSPS) is 29.2. The number of hydrazine groups is 1. The standard InChI is InChI=1S/C24H29ClN2O6S/c1-5-31-21(28)24(16-18-8-10-19(25)11-9-18)15-14-22(3)27(23(24,4)33-32-22)26-34(29,30)20-12-6-17(2)7-13-20/h6-13,26H,5,14-16H2,1-4H3. The van der Waals surface area contributed by atoms with Gasteiger partial charge in [0.2, 0.25) is 0 Å². The number of sulfonamides is 1. The minimum absolute atomic E-state index is 0.0923. The first-order valence-corrected chi connectivity index (χ1v) is 13.0. The average molecular weight is 509 g/mol. The zero-order chi connectivity index (χ0) is 24.8. The van der Waals surface area contributed by atoms with E-state index in [1.807, 2.05) is 19.1 Å². The first-order valence-electron chi connectivity index (χ1n) is 11.1. The molecule has 0 spiro atoms. The van der Waals surface area contributed by atoms with Gasteiger partial charge in [-0.3, -0.25) is 4.79 Å². The highest BCUT2D eigenvalue weighted by molar-refractivity contribution is 7.89. The maximum atomic E-state index is 13.5. The van der Waals surface area contributed by atoms with Gasteiger partial charge in [0, 0.05) is 5.02 Å². The van der Waals surface area contributed by atoms with Gasteiger partial charge in [0.1, 0.15) is 5.41 Å². The molecular formula is C24H29ClN2O6S. The summed E-state index contributed by atoms with van der Waals surface area (Å²) in [4.78, 5) is 27.8. The third-order valence-electron chi connectivity index (χ3n) is 6.81. The SMILES string of the molecule is CCOC(=O)C1(Cc2ccc(Cl)cc2)CCC2(C)OOC1(C)N2NS(=O)(=O)c1ccc(C)cc1. The number of hydrogen-bond acceptors (Lipinski definition) is 7. The van der Waals surface area contributed by atoms with Crippen LogP contribution in [0.5, 0.6) is 0 Å². The first kappa shape index (κ1) is 25.1. The third kappa shape index (κ3) is 4.14. The molecule has 2 fully saturated rings. The smallest absolute Gasteiger partial charge is 0.316 e. The van der Waals surface area contributed by atoms with Crippen LogP contribution in [0.15, 0.2) is 53.4 Å². The van der Waals surface area contributed by atoms with Gasteiger partial charge in [0.15, 0.2) is 11.4 Å². The van der Waals surface area contributed by atoms with Crippen LogP contribution < -0.4 is 4.83 Å². The van der Waals surface area contributed by atoms with Crippen molar-refractivity contribution in [3.8, 4) is 0 Å². The Labute approximate surface area is 205 Å². The van der Waals surface area contributed by atoms with Crippen molar-refractivity contribution in [2.75, 3.05) is 6.61 Å². The predicted molar refractivity (Wildman–Crippen MR) is 126 cm³/mol. The van der Waals surface area contributed by atoms with E-state index in [4.69, 9.17) is 26.1 Å². The molecule has 3 unspecified atom stereocenters. The van der Waals surface area contributed by atoms with E-state index in [9.17, 15) is 13.2 Å². The topological polar surface area (TPSA) is 94.2 Å². The maximum Gasteiger partial charge on any atom is 0.316 e. The van der Waals surface area contributed by atoms with E-state index < -0.39 is 32.9 Å². The molecule has 34 heavy (non-hydrogen) atoms. The lowest BCUT2D eigenvalue weighted by Gasteiger charge is -2.52. The van der Waals surface area contributed by atoms with E-state index in [-0.39, 0.29) is 17.9 Å². The minimum atomic E-state index is -4.00. The summed E-state index contributed by atoms with van der Waals surface area (Å²) in [6, 6.07) is 13.7. The van der Waals surface area contributed by atoms with Crippen LogP contribution in [0.4, 0.5) is 0 Å². The van der Waals surface area contributed by atoms with Gasteiger partial charge >= 0.3 is 5.97 Å². The number of halogens is 1. The molecule has 10 heteroatoms. The van der Waals surface area contributed by atoms with Crippen molar-refractivity contribution in [2.45, 2.75) is 63.3 Å². The summed E-state index contributed by atoms with van der Waals surface area (Å²) in [7, 11) is -4.00. The van der Waals surface area contributed by atoms with Crippen LogP contribution in [-0.4, -0.2) is 37.5 Å². The summed E-state index contributed by atoms with van der Waals surface area (Å²) in [6.07, 6.45) is 0.928. The van der Waals surface area contributed by atoms with Crippen molar-refractivity contribution in [3.05, 3.63) is 64.7 Å². The molecule has 8 nitrogen and oxygen atoms in total. The molecule has 2 bridgehead atoms. The Morgan fingerprint density at radius 2 is 1.74 bits per heavy atom. The lowest BCUT2D eigenvalue weighted by Crippen LogP contribution is -2.71. The Bertz CT molecular complexity index is 1170. The van der Waals surface area contributed by atoms with E-state index >= 15 is 0 Å². The molecule has 0 radical (unpaired) electrons. The third-order valence-corrected chi connectivity index (χ3v) is 8.38. The van der Waals surface area contributed by atoms with Crippen molar-refractivity contribution in [2.24, 2.45) is 5.41 Å². The monoisotopic (exact) mass is 508 g/mol. The van der Waals surface area contributed by atoms with Gasteiger partial charge in [0.25, 0.3) is 10.0 Å². The van der Waals surface area contributed by atoms with Crippen molar-refractivity contribution < 1.29 is 27.7 Å². The predicted octanol–water partition coefficient (Wildman–Crippen LogP) is 4.12. The van der Waals surface area contributed by atoms with Crippen LogP contribution in [0.25, 0.3) is 0 Å². The number of nitrogens with zero attached hydrogens (tertiary/aromatic N) is 1. The van der Waals surface area contributed by atoms with Gasteiger partial charge in [-0.1, -0.05) is 41.4 Å². The van der Waals surface area contributed by atoms with E-state index in [1.165, 1.54) is 17.1 Å². The molecule has 1 N–H and O–H groups in total. The molecule has 2 saturated heterocycles. The van der Waals surface area contributed by atoms with E-state index in [0.29, 0.717) is 17.9 Å². The Kier molecular flexibility index (Phi) is 6.56. The number of carbonyl (C=O) groups excluding carboxylic acids is 1. The molecular weight excluding hydrogens is 480 g/mol. The number of carbonyl (C=O) groups is 1. The summed E-state index contributed by atoms with van der Waals surface area (Å²) in [5.41, 5.74) is -2.11. The highest BCUT2D eigenvalue weighted by atomic mass is 35.5. The fraction of sp³-hybridized carbons (Fsp3) is 0.458. The second kappa shape index (κ2) is 8.89. The summed E-state index contributed by atoms with van der Waals surface area (Å²) in [6.45, 7) is 7.16. The van der Waals surface area contributed by atoms with E-state index in [2.05, 4.69) is 4.83 Å². The summed E-state index contributed by atoms with van der Waals surface area (Å²) in [5.74, 6) is -0.487. The Balaban J connectivity index is 1.77. The second-order valence-corrected chi connectivity index (χ2v) is 11.3. The fourth-order valence-corrected chi connectivity index (χ4v) is 6.06. The van der Waals surface area contributed by atoms with Gasteiger partial charge in [-0.2, -0.15) is 5.01 Å². The number of esters is 1. The molecule has 2 aromatic rings. The number of nitrogens with one attached hydrogen (secondary N) is 1. The summed E-state index contributed by atoms with van der Waals surface area (Å²) >= 11 is 6.05. The van der Waals surface area contributed by atoms with Crippen LogP contribution in [0.2, 0.25) is 5.02 Å². The highest BCUT2D eigenvalue weighted by Crippen LogP contribution is 2.57. The van der Waals surface area contributed by atoms with Crippen molar-refractivity contribution in [3.63, 3.8) is 0 Å². The number of ether oxygens (including phenoxy) is 1. The molecule has 3 atom stereocenters. The fourth-order valence-electron chi connectivity index (χ4n) is 4.73. The zero-order valence-electron chi connectivity index (χ0n) is 19.6. The number of aryl methyl sites for hydroxylation is 1. The van der Waals surface area contributed by atoms with Crippen molar-refractivity contribution in [1.29, 1.82) is 0 Å². The zero-order valence-corrected chi connectivity index (χ0v) is 21.2. The van der Waals surface area contributed by atoms with Gasteiger partial charge < -0.3 is 4.74 Å². The van der Waals surface area contributed by atoms with Crippen LogP contribution in [0.3, 0.4) is 0 Å². The Morgan fingerprint density at radius 1 is 1.09 bits per heavy atom. The Hall–Kier alpha value is -2.01. The molecule has 0 aromatic heterocycles. The lowest BCUT2D eigenvalue weighted by atomic mass is 9.66. The molecule has 2 heterocycles. The molecule has 0 saturated carbocycles. The summed E-state index contributed by atoms with van der Waals surface area (Å²) < 4.78 is 32.1. The number of rotatable bonds is 7. The van der Waals surface area contributed by atoms with Crippen LogP contribution in [-0.2, 0) is 35.8 Å². The van der Waals surface area contributed by atoms with Crippen molar-refractivity contribution >= 4 is 27.6 Å². The van der Waals surface area contributed by atoms with Crippen LogP contribution in [0, 0.1) is 12.3 Å². The largest absolute Gasteiger partial charge is 0.465 e. The second-order valence-electron chi connectivity index (χ2n) is 9.17. The van der Waals surface area contributed by atoms with Crippen LogP contribution >= 0.6 is 11.6 Å². The van der Waals surface area contributed by atoms with E-state index in [0.717, 1.165) is 11.1 Å². The number of fused-ring (bicyclic) bond motifs is 2. The van der Waals surface area contributed by atoms with E-state index in [1.54, 1.807) is 45.0 Å². The molecule has 2 aliphatic heterocycles. The Morgan fingerprint density at radius 3 is 2.35 bits per heavy atom. The van der Waals surface area contributed by atoms with Gasteiger partial charge in [-0.05, 0) is 76.8 Å². The van der Waals surface area contributed by atoms with Gasteiger partial charge in [-0.15, -0.1) is 4.83 Å². The minimum Gasteiger partial charge on any atom is -0.465 e. The summed E-state index contributed by atoms with van der Waals surface area (Å²) in [5, 5.41) is 1.98. The highest BCUT2D eigenvalue weighted by Gasteiger charge is 2.72. The molecule has 2 aliphatic rings. The molecule has 0 aliphatic carbocycles. The van der Waals surface area contributed by atoms with Gasteiger partial charge in [-0.25, -0.2) is 18.2 Å². The molecule has 0 amide bonds. The van der Waals surface area contributed by atoms with Crippen LogP contribution in [0.1, 0.15) is 44.7 Å². The quantitative estimate of drug-likeness (QED) is 0.444. The van der Waals surface area contributed by atoms with Crippen molar-refractivity contribution in [1.82, 2.24) is 9.84 Å². The number of benzene rings is 2. The lowest BCUT2D eigenvalue weighted by molar-refractivity contribution is -0.350. The number of hydrogen-bond donors (Lipinski definition) is 1. The number of piperidine rings is 1. The maximum absolute atomic E-state index is 13.5. The first-order chi connectivity index (χ1) is 16.0.